The number of ether oxygens (including phenoxy) is 2. The lowest BCUT2D eigenvalue weighted by Gasteiger charge is -2.22. The van der Waals surface area contributed by atoms with Crippen molar-refractivity contribution in [3.05, 3.63) is 24.3 Å². The van der Waals surface area contributed by atoms with E-state index in [2.05, 4.69) is 10.6 Å². The van der Waals surface area contributed by atoms with Crippen molar-refractivity contribution in [3.63, 3.8) is 0 Å². The predicted octanol–water partition coefficient (Wildman–Crippen LogP) is 2.04. The molecule has 1 unspecified atom stereocenters. The molecular weight excluding hydrogens is 268 g/mol. The molecule has 2 N–H and O–H groups in total. The number of methoxy groups -OCH3 is 1. The van der Waals surface area contributed by atoms with Crippen LogP contribution in [0.4, 0.5) is 5.69 Å². The van der Waals surface area contributed by atoms with Crippen LogP contribution in [0.25, 0.3) is 0 Å². The fraction of sp³-hybridized carbons (Fsp3) is 0.562. The molecule has 5 nitrogen and oxygen atoms in total. The third kappa shape index (κ3) is 5.36. The minimum atomic E-state index is -0.152. The van der Waals surface area contributed by atoms with Gasteiger partial charge in [-0.05, 0) is 50.4 Å². The molecule has 0 saturated carbocycles. The second-order valence-corrected chi connectivity index (χ2v) is 5.30. The molecule has 1 atom stereocenters. The fourth-order valence-corrected chi connectivity index (χ4v) is 2.52. The summed E-state index contributed by atoms with van der Waals surface area (Å²) in [5.41, 5.74) is 0.671. The molecule has 1 aromatic carbocycles. The number of carbonyl (C=O) groups excluding carboxylic acids is 1. The fourth-order valence-electron chi connectivity index (χ4n) is 2.52. The first-order valence-corrected chi connectivity index (χ1v) is 7.51. The van der Waals surface area contributed by atoms with E-state index in [1.54, 1.807) is 7.11 Å². The van der Waals surface area contributed by atoms with Crippen LogP contribution >= 0.6 is 0 Å². The zero-order valence-corrected chi connectivity index (χ0v) is 12.6. The van der Waals surface area contributed by atoms with E-state index in [4.69, 9.17) is 9.47 Å². The van der Waals surface area contributed by atoms with Crippen molar-refractivity contribution in [1.29, 1.82) is 0 Å². The molecule has 116 valence electrons. The van der Waals surface area contributed by atoms with Gasteiger partial charge in [0.15, 0.2) is 0 Å². The average molecular weight is 292 g/mol. The molecule has 21 heavy (non-hydrogen) atoms. The highest BCUT2D eigenvalue weighted by atomic mass is 16.5. The molecule has 1 aliphatic heterocycles. The number of piperidine rings is 1. The lowest BCUT2D eigenvalue weighted by Crippen LogP contribution is -2.30. The minimum absolute atomic E-state index is 0.0815. The third-order valence-corrected chi connectivity index (χ3v) is 3.68. The van der Waals surface area contributed by atoms with Crippen LogP contribution in [-0.4, -0.2) is 39.3 Å². The Labute approximate surface area is 126 Å². The van der Waals surface area contributed by atoms with Crippen LogP contribution in [0.2, 0.25) is 0 Å². The topological polar surface area (TPSA) is 59.6 Å². The second kappa shape index (κ2) is 8.64. The first-order valence-electron chi connectivity index (χ1n) is 7.51. The molecule has 1 amide bonds. The van der Waals surface area contributed by atoms with Crippen LogP contribution < -0.4 is 15.4 Å². The van der Waals surface area contributed by atoms with E-state index < -0.39 is 0 Å². The normalized spacial score (nSPS) is 18.2. The smallest absolute Gasteiger partial charge is 0.250 e. The molecule has 0 spiro atoms. The van der Waals surface area contributed by atoms with Crippen molar-refractivity contribution in [2.24, 2.45) is 5.92 Å². The molecule has 1 fully saturated rings. The maximum absolute atomic E-state index is 11.8. The van der Waals surface area contributed by atoms with Crippen LogP contribution in [0.5, 0.6) is 5.75 Å². The van der Waals surface area contributed by atoms with Gasteiger partial charge in [-0.2, -0.15) is 0 Å². The Morgan fingerprint density at radius 3 is 3.05 bits per heavy atom. The number of benzene rings is 1. The first kappa shape index (κ1) is 15.8. The van der Waals surface area contributed by atoms with Gasteiger partial charge in [-0.15, -0.1) is 0 Å². The summed E-state index contributed by atoms with van der Waals surface area (Å²) in [7, 11) is 1.58. The van der Waals surface area contributed by atoms with Crippen molar-refractivity contribution < 1.29 is 14.3 Å². The number of rotatable bonds is 7. The molecule has 0 bridgehead atoms. The molecule has 0 radical (unpaired) electrons. The summed E-state index contributed by atoms with van der Waals surface area (Å²) < 4.78 is 10.7. The van der Waals surface area contributed by atoms with E-state index in [0.717, 1.165) is 19.5 Å². The van der Waals surface area contributed by atoms with E-state index >= 15 is 0 Å². The van der Waals surface area contributed by atoms with E-state index in [1.165, 1.54) is 12.8 Å². The van der Waals surface area contributed by atoms with Gasteiger partial charge < -0.3 is 20.1 Å². The first-order chi connectivity index (χ1) is 10.3. The number of carbonyl (C=O) groups is 1. The number of amides is 1. The highest BCUT2D eigenvalue weighted by Crippen LogP contribution is 2.22. The average Bonchev–Trinajstić information content (AvgIpc) is 2.53. The molecule has 1 heterocycles. The Kier molecular flexibility index (Phi) is 6.50. The Bertz CT molecular complexity index is 445. The van der Waals surface area contributed by atoms with Gasteiger partial charge in [0.2, 0.25) is 5.91 Å². The maximum atomic E-state index is 11.8. The van der Waals surface area contributed by atoms with Crippen molar-refractivity contribution in [3.8, 4) is 5.75 Å². The number of nitrogens with one attached hydrogen (secondary N) is 2. The van der Waals surface area contributed by atoms with Crippen LogP contribution in [0.15, 0.2) is 24.3 Å². The summed E-state index contributed by atoms with van der Waals surface area (Å²) >= 11 is 0. The van der Waals surface area contributed by atoms with Gasteiger partial charge in [0, 0.05) is 6.61 Å². The van der Waals surface area contributed by atoms with E-state index in [0.29, 0.717) is 24.0 Å². The molecule has 1 aliphatic rings. The van der Waals surface area contributed by atoms with Gasteiger partial charge in [-0.1, -0.05) is 12.1 Å². The zero-order valence-electron chi connectivity index (χ0n) is 12.6. The molecule has 0 aliphatic carbocycles. The molecule has 2 rings (SSSR count). The van der Waals surface area contributed by atoms with Crippen LogP contribution in [0.3, 0.4) is 0 Å². The van der Waals surface area contributed by atoms with Gasteiger partial charge in [-0.3, -0.25) is 4.79 Å². The zero-order chi connectivity index (χ0) is 14.9. The Morgan fingerprint density at radius 2 is 2.29 bits per heavy atom. The number of para-hydroxylation sites is 2. The van der Waals surface area contributed by atoms with E-state index in [9.17, 15) is 4.79 Å². The number of hydrogen-bond donors (Lipinski definition) is 2. The summed E-state index contributed by atoms with van der Waals surface area (Å²) in [6.45, 7) is 2.90. The highest BCUT2D eigenvalue weighted by Gasteiger charge is 2.13. The van der Waals surface area contributed by atoms with Crippen molar-refractivity contribution in [2.45, 2.75) is 19.3 Å². The van der Waals surface area contributed by atoms with Crippen molar-refractivity contribution in [1.82, 2.24) is 5.32 Å². The van der Waals surface area contributed by atoms with Crippen molar-refractivity contribution >= 4 is 11.6 Å². The summed E-state index contributed by atoms with van der Waals surface area (Å²) in [5.74, 6) is 1.18. The summed E-state index contributed by atoms with van der Waals surface area (Å²) in [6.07, 6.45) is 3.50. The predicted molar refractivity (Wildman–Crippen MR) is 82.7 cm³/mol. The molecule has 0 aromatic heterocycles. The summed E-state index contributed by atoms with van der Waals surface area (Å²) in [4.78, 5) is 11.8. The molecular formula is C16H24N2O3. The van der Waals surface area contributed by atoms with Crippen molar-refractivity contribution in [2.75, 3.05) is 38.7 Å². The maximum Gasteiger partial charge on any atom is 0.250 e. The minimum Gasteiger partial charge on any atom is -0.495 e. The van der Waals surface area contributed by atoms with Gasteiger partial charge in [0.05, 0.1) is 12.8 Å². The van der Waals surface area contributed by atoms with Crippen LogP contribution in [0, 0.1) is 5.92 Å². The van der Waals surface area contributed by atoms with Crippen LogP contribution in [-0.2, 0) is 9.53 Å². The Morgan fingerprint density at radius 1 is 1.43 bits per heavy atom. The lowest BCUT2D eigenvalue weighted by atomic mass is 9.97. The van der Waals surface area contributed by atoms with Gasteiger partial charge in [0.1, 0.15) is 12.4 Å². The highest BCUT2D eigenvalue weighted by molar-refractivity contribution is 5.93. The Hall–Kier alpha value is -1.59. The molecule has 5 heteroatoms. The van der Waals surface area contributed by atoms with Gasteiger partial charge in [-0.25, -0.2) is 0 Å². The lowest BCUT2D eigenvalue weighted by molar-refractivity contribution is -0.120. The summed E-state index contributed by atoms with van der Waals surface area (Å²) in [5, 5.41) is 6.18. The molecule has 1 aromatic rings. The standard InChI is InChI=1S/C16H24N2O3/c1-20-15-7-3-2-6-14(15)18-16(19)12-21-10-8-13-5-4-9-17-11-13/h2-3,6-7,13,17H,4-5,8-12H2,1H3,(H,18,19). The third-order valence-electron chi connectivity index (χ3n) is 3.68. The quantitative estimate of drug-likeness (QED) is 0.755. The second-order valence-electron chi connectivity index (χ2n) is 5.30. The SMILES string of the molecule is COc1ccccc1NC(=O)COCCC1CCCNC1. The van der Waals surface area contributed by atoms with E-state index in [1.807, 2.05) is 24.3 Å². The van der Waals surface area contributed by atoms with Crippen LogP contribution in [0.1, 0.15) is 19.3 Å². The number of anilines is 1. The van der Waals surface area contributed by atoms with Gasteiger partial charge >= 0.3 is 0 Å². The van der Waals surface area contributed by atoms with Gasteiger partial charge in [0.25, 0.3) is 0 Å². The largest absolute Gasteiger partial charge is 0.495 e. The molecule has 1 saturated heterocycles. The van der Waals surface area contributed by atoms with E-state index in [-0.39, 0.29) is 12.5 Å². The number of hydrogen-bond acceptors (Lipinski definition) is 4. The Balaban J connectivity index is 1.65. The summed E-state index contributed by atoms with van der Waals surface area (Å²) in [6, 6.07) is 7.34. The monoisotopic (exact) mass is 292 g/mol.